The maximum atomic E-state index is 11.7. The molecule has 1 aliphatic heterocycles. The van der Waals surface area contributed by atoms with Gasteiger partial charge in [-0.05, 0) is 44.0 Å². The second kappa shape index (κ2) is 5.98. The van der Waals surface area contributed by atoms with Crippen molar-refractivity contribution in [3.8, 4) is 0 Å². The highest BCUT2D eigenvalue weighted by atomic mass is 35.5. The van der Waals surface area contributed by atoms with Crippen molar-refractivity contribution >= 4 is 23.2 Å². The third kappa shape index (κ3) is 3.98. The largest absolute Gasteiger partial charge is 0.326 e. The minimum absolute atomic E-state index is 0.0409. The van der Waals surface area contributed by atoms with E-state index in [9.17, 15) is 4.79 Å². The van der Waals surface area contributed by atoms with Crippen LogP contribution in [0.25, 0.3) is 0 Å². The van der Waals surface area contributed by atoms with Gasteiger partial charge in [-0.15, -0.1) is 0 Å². The van der Waals surface area contributed by atoms with Crippen LogP contribution in [-0.4, -0.2) is 24.0 Å². The van der Waals surface area contributed by atoms with Gasteiger partial charge in [0.15, 0.2) is 0 Å². The first-order chi connectivity index (χ1) is 8.24. The van der Waals surface area contributed by atoms with Gasteiger partial charge in [-0.1, -0.05) is 11.6 Å². The fourth-order valence-corrected chi connectivity index (χ4v) is 2.17. The Kier molecular flexibility index (Phi) is 4.34. The van der Waals surface area contributed by atoms with Gasteiger partial charge in [0.2, 0.25) is 5.91 Å². The normalized spacial score (nSPS) is 19.2. The van der Waals surface area contributed by atoms with Gasteiger partial charge in [0.1, 0.15) is 5.15 Å². The lowest BCUT2D eigenvalue weighted by Gasteiger charge is -2.08. The van der Waals surface area contributed by atoms with Crippen molar-refractivity contribution in [1.29, 1.82) is 0 Å². The van der Waals surface area contributed by atoms with E-state index in [4.69, 9.17) is 11.6 Å². The summed E-state index contributed by atoms with van der Waals surface area (Å²) in [5, 5.41) is 6.51. The predicted molar refractivity (Wildman–Crippen MR) is 68.1 cm³/mol. The molecule has 0 radical (unpaired) electrons. The summed E-state index contributed by atoms with van der Waals surface area (Å²) in [5.74, 6) is 0.681. The fraction of sp³-hybridized carbons (Fsp3) is 0.500. The van der Waals surface area contributed by atoms with Crippen LogP contribution < -0.4 is 10.6 Å². The lowest BCUT2D eigenvalue weighted by Crippen LogP contribution is -2.15. The summed E-state index contributed by atoms with van der Waals surface area (Å²) in [6.07, 6.45) is 4.26. The van der Waals surface area contributed by atoms with Gasteiger partial charge in [-0.3, -0.25) is 4.79 Å². The number of hydrogen-bond donors (Lipinski definition) is 2. The van der Waals surface area contributed by atoms with Gasteiger partial charge in [0.25, 0.3) is 0 Å². The molecular formula is C12H16ClN3O. The Morgan fingerprint density at radius 1 is 1.65 bits per heavy atom. The molecule has 2 heterocycles. The molecule has 0 spiro atoms. The zero-order valence-corrected chi connectivity index (χ0v) is 10.3. The summed E-state index contributed by atoms with van der Waals surface area (Å²) in [7, 11) is 0. The molecular weight excluding hydrogens is 238 g/mol. The van der Waals surface area contributed by atoms with Crippen molar-refractivity contribution in [1.82, 2.24) is 10.3 Å². The number of nitrogens with zero attached hydrogens (tertiary/aromatic N) is 1. The number of aromatic nitrogens is 1. The molecule has 1 amide bonds. The molecule has 1 atom stereocenters. The molecule has 1 saturated heterocycles. The Hall–Kier alpha value is -1.13. The summed E-state index contributed by atoms with van der Waals surface area (Å²) in [5.41, 5.74) is 0.708. The molecule has 1 aromatic heterocycles. The quantitative estimate of drug-likeness (QED) is 0.808. The molecule has 92 valence electrons. The van der Waals surface area contributed by atoms with Crippen LogP contribution in [0.3, 0.4) is 0 Å². The molecule has 1 aromatic rings. The Balaban J connectivity index is 1.76. The Morgan fingerprint density at radius 3 is 3.24 bits per heavy atom. The maximum Gasteiger partial charge on any atom is 0.224 e. The molecule has 2 N–H and O–H groups in total. The average molecular weight is 254 g/mol. The second-order valence-electron chi connectivity index (χ2n) is 4.31. The third-order valence-electron chi connectivity index (χ3n) is 2.95. The number of rotatable bonds is 4. The molecule has 5 heteroatoms. The molecule has 1 aliphatic rings. The zero-order chi connectivity index (χ0) is 12.1. The zero-order valence-electron chi connectivity index (χ0n) is 9.58. The average Bonchev–Trinajstić information content (AvgIpc) is 2.79. The SMILES string of the molecule is O=C(CCC1CCNC1)Nc1ccnc(Cl)c1. The van der Waals surface area contributed by atoms with Crippen LogP contribution >= 0.6 is 11.6 Å². The fourth-order valence-electron chi connectivity index (χ4n) is 2.00. The first-order valence-electron chi connectivity index (χ1n) is 5.86. The van der Waals surface area contributed by atoms with E-state index in [1.54, 1.807) is 18.3 Å². The van der Waals surface area contributed by atoms with Crippen LogP contribution in [0.1, 0.15) is 19.3 Å². The summed E-state index contributed by atoms with van der Waals surface area (Å²) < 4.78 is 0. The van der Waals surface area contributed by atoms with Crippen LogP contribution in [0.4, 0.5) is 5.69 Å². The summed E-state index contributed by atoms with van der Waals surface area (Å²) in [6, 6.07) is 3.39. The highest BCUT2D eigenvalue weighted by Gasteiger charge is 2.15. The van der Waals surface area contributed by atoms with Crippen molar-refractivity contribution in [3.05, 3.63) is 23.5 Å². The topological polar surface area (TPSA) is 54.0 Å². The molecule has 0 aliphatic carbocycles. The molecule has 1 unspecified atom stereocenters. The van der Waals surface area contributed by atoms with Gasteiger partial charge >= 0.3 is 0 Å². The van der Waals surface area contributed by atoms with E-state index in [-0.39, 0.29) is 5.91 Å². The second-order valence-corrected chi connectivity index (χ2v) is 4.70. The van der Waals surface area contributed by atoms with Gasteiger partial charge < -0.3 is 10.6 Å². The van der Waals surface area contributed by atoms with Crippen LogP contribution in [0.2, 0.25) is 5.15 Å². The first-order valence-corrected chi connectivity index (χ1v) is 6.24. The van der Waals surface area contributed by atoms with Crippen LogP contribution in [-0.2, 0) is 4.79 Å². The van der Waals surface area contributed by atoms with Gasteiger partial charge in [0, 0.05) is 18.3 Å². The monoisotopic (exact) mass is 253 g/mol. The third-order valence-corrected chi connectivity index (χ3v) is 3.16. The molecule has 0 bridgehead atoms. The van der Waals surface area contributed by atoms with Crippen LogP contribution in [0.5, 0.6) is 0 Å². The number of nitrogens with one attached hydrogen (secondary N) is 2. The van der Waals surface area contributed by atoms with Crippen LogP contribution in [0, 0.1) is 5.92 Å². The van der Waals surface area contributed by atoms with Gasteiger partial charge in [0.05, 0.1) is 0 Å². The van der Waals surface area contributed by atoms with Crippen molar-refractivity contribution in [2.24, 2.45) is 5.92 Å². The van der Waals surface area contributed by atoms with E-state index in [2.05, 4.69) is 15.6 Å². The molecule has 2 rings (SSSR count). The van der Waals surface area contributed by atoms with E-state index in [0.29, 0.717) is 23.2 Å². The minimum Gasteiger partial charge on any atom is -0.326 e. The lowest BCUT2D eigenvalue weighted by atomic mass is 10.0. The van der Waals surface area contributed by atoms with E-state index < -0.39 is 0 Å². The minimum atomic E-state index is 0.0409. The number of pyridine rings is 1. The number of hydrogen-bond acceptors (Lipinski definition) is 3. The standard InChI is InChI=1S/C12H16ClN3O/c13-11-7-10(4-6-15-11)16-12(17)2-1-9-3-5-14-8-9/h4,6-7,9,14H,1-3,5,8H2,(H,15,16,17). The predicted octanol–water partition coefficient (Wildman–Crippen LogP) is 2.06. The van der Waals surface area contributed by atoms with E-state index in [1.807, 2.05) is 0 Å². The van der Waals surface area contributed by atoms with Gasteiger partial charge in [-0.25, -0.2) is 4.98 Å². The molecule has 4 nitrogen and oxygen atoms in total. The summed E-state index contributed by atoms with van der Waals surface area (Å²) in [6.45, 7) is 2.11. The molecule has 17 heavy (non-hydrogen) atoms. The Morgan fingerprint density at radius 2 is 2.53 bits per heavy atom. The number of halogens is 1. The number of anilines is 1. The highest BCUT2D eigenvalue weighted by molar-refractivity contribution is 6.29. The first kappa shape index (κ1) is 12.3. The van der Waals surface area contributed by atoms with E-state index >= 15 is 0 Å². The number of amides is 1. The van der Waals surface area contributed by atoms with Crippen molar-refractivity contribution in [3.63, 3.8) is 0 Å². The molecule has 1 fully saturated rings. The molecule has 0 aromatic carbocycles. The Bertz CT molecular complexity index is 391. The van der Waals surface area contributed by atoms with Crippen molar-refractivity contribution in [2.45, 2.75) is 19.3 Å². The van der Waals surface area contributed by atoms with Crippen molar-refractivity contribution < 1.29 is 4.79 Å². The van der Waals surface area contributed by atoms with E-state index in [1.165, 1.54) is 6.42 Å². The van der Waals surface area contributed by atoms with Crippen LogP contribution in [0.15, 0.2) is 18.3 Å². The maximum absolute atomic E-state index is 11.7. The Labute approximate surface area is 106 Å². The van der Waals surface area contributed by atoms with E-state index in [0.717, 1.165) is 19.5 Å². The lowest BCUT2D eigenvalue weighted by molar-refractivity contribution is -0.116. The number of carbonyl (C=O) groups is 1. The summed E-state index contributed by atoms with van der Waals surface area (Å²) in [4.78, 5) is 15.5. The molecule has 0 saturated carbocycles. The number of carbonyl (C=O) groups excluding carboxylic acids is 1. The van der Waals surface area contributed by atoms with Crippen molar-refractivity contribution in [2.75, 3.05) is 18.4 Å². The summed E-state index contributed by atoms with van der Waals surface area (Å²) >= 11 is 5.74. The van der Waals surface area contributed by atoms with Gasteiger partial charge in [-0.2, -0.15) is 0 Å². The highest BCUT2D eigenvalue weighted by Crippen LogP contribution is 2.16. The smallest absolute Gasteiger partial charge is 0.224 e.